The van der Waals surface area contributed by atoms with E-state index in [0.717, 1.165) is 51.4 Å². The number of hydrogen-bond acceptors (Lipinski definition) is 3. The summed E-state index contributed by atoms with van der Waals surface area (Å²) in [5.74, 6) is 0.895. The van der Waals surface area contributed by atoms with Crippen molar-refractivity contribution in [1.82, 2.24) is 15.5 Å². The van der Waals surface area contributed by atoms with Crippen LogP contribution in [0.2, 0.25) is 0 Å². The highest BCUT2D eigenvalue weighted by Crippen LogP contribution is 2.28. The van der Waals surface area contributed by atoms with E-state index < -0.39 is 0 Å². The van der Waals surface area contributed by atoms with Crippen molar-refractivity contribution in [2.45, 2.75) is 52.6 Å². The highest BCUT2D eigenvalue weighted by molar-refractivity contribution is 14.0. The SMILES string of the molecule is CCNC(=NCCN(C(C)C)C1CC1)NCCOCC.I. The van der Waals surface area contributed by atoms with E-state index in [0.29, 0.717) is 6.04 Å². The van der Waals surface area contributed by atoms with Crippen molar-refractivity contribution >= 4 is 29.9 Å². The normalized spacial score (nSPS) is 15.2. The minimum atomic E-state index is 0. The third-order valence-electron chi connectivity index (χ3n) is 3.39. The van der Waals surface area contributed by atoms with Crippen LogP contribution in [0.3, 0.4) is 0 Å². The maximum Gasteiger partial charge on any atom is 0.191 e. The van der Waals surface area contributed by atoms with E-state index in [-0.39, 0.29) is 24.0 Å². The van der Waals surface area contributed by atoms with Crippen LogP contribution in [-0.4, -0.2) is 62.3 Å². The third kappa shape index (κ3) is 9.52. The van der Waals surface area contributed by atoms with Crippen molar-refractivity contribution in [1.29, 1.82) is 0 Å². The molecule has 21 heavy (non-hydrogen) atoms. The Hall–Kier alpha value is -0.0800. The lowest BCUT2D eigenvalue weighted by atomic mass is 10.3. The lowest BCUT2D eigenvalue weighted by Gasteiger charge is -2.25. The van der Waals surface area contributed by atoms with Crippen LogP contribution in [0.25, 0.3) is 0 Å². The minimum Gasteiger partial charge on any atom is -0.380 e. The molecule has 0 aromatic heterocycles. The Bertz CT molecular complexity index is 281. The Morgan fingerprint density at radius 2 is 2.00 bits per heavy atom. The van der Waals surface area contributed by atoms with Crippen LogP contribution in [0.15, 0.2) is 4.99 Å². The molecule has 0 spiro atoms. The van der Waals surface area contributed by atoms with Gasteiger partial charge in [0.05, 0.1) is 13.2 Å². The largest absolute Gasteiger partial charge is 0.380 e. The minimum absolute atomic E-state index is 0. The summed E-state index contributed by atoms with van der Waals surface area (Å²) in [5.41, 5.74) is 0. The van der Waals surface area contributed by atoms with Gasteiger partial charge in [0.1, 0.15) is 0 Å². The molecule has 0 heterocycles. The summed E-state index contributed by atoms with van der Waals surface area (Å²) in [6.45, 7) is 13.7. The van der Waals surface area contributed by atoms with Gasteiger partial charge in [0.25, 0.3) is 0 Å². The lowest BCUT2D eigenvalue weighted by Crippen LogP contribution is -2.40. The zero-order chi connectivity index (χ0) is 14.8. The van der Waals surface area contributed by atoms with Gasteiger partial charge in [-0.25, -0.2) is 0 Å². The Morgan fingerprint density at radius 3 is 2.52 bits per heavy atom. The van der Waals surface area contributed by atoms with Crippen LogP contribution in [0.1, 0.15) is 40.5 Å². The van der Waals surface area contributed by atoms with Crippen LogP contribution in [0, 0.1) is 0 Å². The summed E-state index contributed by atoms with van der Waals surface area (Å²) in [6.07, 6.45) is 2.71. The summed E-state index contributed by atoms with van der Waals surface area (Å²) in [7, 11) is 0. The predicted octanol–water partition coefficient (Wildman–Crippen LogP) is 2.07. The number of nitrogens with one attached hydrogen (secondary N) is 2. The van der Waals surface area contributed by atoms with Gasteiger partial charge >= 0.3 is 0 Å². The predicted molar refractivity (Wildman–Crippen MR) is 101 cm³/mol. The molecule has 1 aliphatic rings. The fourth-order valence-electron chi connectivity index (χ4n) is 2.27. The smallest absolute Gasteiger partial charge is 0.191 e. The van der Waals surface area contributed by atoms with Gasteiger partial charge in [-0.15, -0.1) is 24.0 Å². The molecule has 1 saturated carbocycles. The van der Waals surface area contributed by atoms with Gasteiger partial charge in [-0.05, 0) is 40.5 Å². The van der Waals surface area contributed by atoms with Gasteiger partial charge in [0, 0.05) is 38.3 Å². The van der Waals surface area contributed by atoms with E-state index in [1.807, 2.05) is 6.92 Å². The highest BCUT2D eigenvalue weighted by Gasteiger charge is 2.29. The van der Waals surface area contributed by atoms with Crippen LogP contribution >= 0.6 is 24.0 Å². The van der Waals surface area contributed by atoms with Crippen molar-refractivity contribution in [2.24, 2.45) is 4.99 Å². The number of nitrogens with zero attached hydrogens (tertiary/aromatic N) is 2. The molecule has 0 aliphatic heterocycles. The molecule has 1 rings (SSSR count). The van der Waals surface area contributed by atoms with Crippen molar-refractivity contribution in [3.05, 3.63) is 0 Å². The molecule has 126 valence electrons. The zero-order valence-electron chi connectivity index (χ0n) is 14.0. The van der Waals surface area contributed by atoms with Gasteiger partial charge < -0.3 is 15.4 Å². The van der Waals surface area contributed by atoms with Crippen molar-refractivity contribution < 1.29 is 4.74 Å². The van der Waals surface area contributed by atoms with Gasteiger partial charge in [-0.1, -0.05) is 0 Å². The second kappa shape index (κ2) is 12.5. The van der Waals surface area contributed by atoms with E-state index >= 15 is 0 Å². The van der Waals surface area contributed by atoms with Crippen molar-refractivity contribution in [2.75, 3.05) is 39.4 Å². The van der Waals surface area contributed by atoms with Gasteiger partial charge in [-0.3, -0.25) is 9.89 Å². The molecule has 0 atom stereocenters. The van der Waals surface area contributed by atoms with Crippen LogP contribution in [-0.2, 0) is 4.74 Å². The topological polar surface area (TPSA) is 48.9 Å². The van der Waals surface area contributed by atoms with Crippen LogP contribution in [0.5, 0.6) is 0 Å². The number of rotatable bonds is 10. The monoisotopic (exact) mass is 412 g/mol. The van der Waals surface area contributed by atoms with E-state index in [1.54, 1.807) is 0 Å². The molecule has 0 radical (unpaired) electrons. The molecule has 0 aromatic rings. The zero-order valence-corrected chi connectivity index (χ0v) is 16.4. The van der Waals surface area contributed by atoms with Crippen molar-refractivity contribution in [3.8, 4) is 0 Å². The van der Waals surface area contributed by atoms with E-state index in [4.69, 9.17) is 4.74 Å². The summed E-state index contributed by atoms with van der Waals surface area (Å²) in [4.78, 5) is 7.20. The second-order valence-electron chi connectivity index (χ2n) is 5.45. The first-order valence-corrected chi connectivity index (χ1v) is 8.04. The Kier molecular flexibility index (Phi) is 12.4. The molecule has 0 bridgehead atoms. The van der Waals surface area contributed by atoms with Crippen molar-refractivity contribution in [3.63, 3.8) is 0 Å². The standard InChI is InChI=1S/C15H32N4O.HI/c1-5-16-15(18-10-12-20-6-2)17-9-11-19(13(3)4)14-7-8-14;/h13-14H,5-12H2,1-4H3,(H2,16,17,18);1H. The highest BCUT2D eigenvalue weighted by atomic mass is 127. The lowest BCUT2D eigenvalue weighted by molar-refractivity contribution is 0.152. The molecular formula is C15H33IN4O. The average Bonchev–Trinajstić information content (AvgIpc) is 3.23. The molecule has 1 fully saturated rings. The molecular weight excluding hydrogens is 379 g/mol. The Balaban J connectivity index is 0.00000400. The molecule has 1 aliphatic carbocycles. The summed E-state index contributed by atoms with van der Waals surface area (Å²) in [5, 5.41) is 6.57. The summed E-state index contributed by atoms with van der Waals surface area (Å²) in [6, 6.07) is 1.42. The second-order valence-corrected chi connectivity index (χ2v) is 5.45. The van der Waals surface area contributed by atoms with E-state index in [1.165, 1.54) is 12.8 Å². The van der Waals surface area contributed by atoms with E-state index in [2.05, 4.69) is 41.3 Å². The number of hydrogen-bond donors (Lipinski definition) is 2. The number of guanidine groups is 1. The first kappa shape index (κ1) is 20.9. The fraction of sp³-hybridized carbons (Fsp3) is 0.933. The van der Waals surface area contributed by atoms with Gasteiger partial charge in [0.2, 0.25) is 0 Å². The number of aliphatic imine (C=N–C) groups is 1. The molecule has 6 heteroatoms. The Labute approximate surface area is 147 Å². The molecule has 0 unspecified atom stereocenters. The number of halogens is 1. The molecule has 0 aromatic carbocycles. The third-order valence-corrected chi connectivity index (χ3v) is 3.39. The van der Waals surface area contributed by atoms with E-state index in [9.17, 15) is 0 Å². The van der Waals surface area contributed by atoms with Gasteiger partial charge in [-0.2, -0.15) is 0 Å². The molecule has 2 N–H and O–H groups in total. The Morgan fingerprint density at radius 1 is 1.29 bits per heavy atom. The first-order valence-electron chi connectivity index (χ1n) is 8.04. The quantitative estimate of drug-likeness (QED) is 0.250. The number of ether oxygens (including phenoxy) is 1. The van der Waals surface area contributed by atoms with Crippen LogP contribution < -0.4 is 10.6 Å². The van der Waals surface area contributed by atoms with Gasteiger partial charge in [0.15, 0.2) is 5.96 Å². The molecule has 5 nitrogen and oxygen atoms in total. The van der Waals surface area contributed by atoms with Crippen LogP contribution in [0.4, 0.5) is 0 Å². The maximum atomic E-state index is 5.32. The maximum absolute atomic E-state index is 5.32. The molecule has 0 saturated heterocycles. The fourth-order valence-corrected chi connectivity index (χ4v) is 2.27. The first-order chi connectivity index (χ1) is 9.69. The average molecular weight is 412 g/mol. The summed E-state index contributed by atoms with van der Waals surface area (Å²) >= 11 is 0. The molecule has 0 amide bonds. The summed E-state index contributed by atoms with van der Waals surface area (Å²) < 4.78 is 5.32.